The molecule has 2 rings (SSSR count). The maximum atomic E-state index is 12.0. The minimum atomic E-state index is -1.10. The highest BCUT2D eigenvalue weighted by Crippen LogP contribution is 2.29. The molecule has 0 radical (unpaired) electrons. The average molecular weight is 268 g/mol. The molecule has 0 bridgehead atoms. The Labute approximate surface area is 110 Å². The van der Waals surface area contributed by atoms with Crippen LogP contribution in [0, 0.1) is 0 Å². The smallest absolute Gasteiger partial charge is 0.339 e. The molecule has 0 spiro atoms. The summed E-state index contributed by atoms with van der Waals surface area (Å²) in [6.07, 6.45) is 3.20. The number of carboxylic acids is 1. The summed E-state index contributed by atoms with van der Waals surface area (Å²) in [7, 11) is 0. The minimum absolute atomic E-state index is 0.00872. The third kappa shape index (κ3) is 2.48. The van der Waals surface area contributed by atoms with Crippen LogP contribution < -0.4 is 4.90 Å². The SMILES string of the molecule is O=C(O)c1c(Cl)cccc1N1CCCCCC1=O. The molecule has 1 aliphatic rings. The fourth-order valence-electron chi connectivity index (χ4n) is 2.19. The Morgan fingerprint density at radius 3 is 2.78 bits per heavy atom. The fourth-order valence-corrected chi connectivity index (χ4v) is 2.44. The maximum Gasteiger partial charge on any atom is 0.339 e. The van der Waals surface area contributed by atoms with Crippen molar-refractivity contribution in [2.45, 2.75) is 25.7 Å². The van der Waals surface area contributed by atoms with Crippen LogP contribution >= 0.6 is 11.6 Å². The molecule has 0 saturated carbocycles. The van der Waals surface area contributed by atoms with Gasteiger partial charge in [0.15, 0.2) is 0 Å². The molecule has 1 heterocycles. The van der Waals surface area contributed by atoms with Crippen molar-refractivity contribution in [2.75, 3.05) is 11.4 Å². The van der Waals surface area contributed by atoms with Crippen molar-refractivity contribution in [3.63, 3.8) is 0 Å². The molecular weight excluding hydrogens is 254 g/mol. The summed E-state index contributed by atoms with van der Waals surface area (Å²) < 4.78 is 0. The Kier molecular flexibility index (Phi) is 3.87. The third-order valence-electron chi connectivity index (χ3n) is 3.07. The van der Waals surface area contributed by atoms with Crippen LogP contribution in [-0.2, 0) is 4.79 Å². The van der Waals surface area contributed by atoms with Gasteiger partial charge in [-0.25, -0.2) is 4.79 Å². The van der Waals surface area contributed by atoms with Crippen molar-refractivity contribution in [1.82, 2.24) is 0 Å². The second kappa shape index (κ2) is 5.40. The normalized spacial score (nSPS) is 16.5. The van der Waals surface area contributed by atoms with E-state index in [-0.39, 0.29) is 16.5 Å². The maximum absolute atomic E-state index is 12.0. The standard InChI is InChI=1S/C13H14ClNO3/c14-9-5-4-6-10(12(9)13(17)18)15-8-3-1-2-7-11(15)16/h4-6H,1-3,7-8H2,(H,17,18). The van der Waals surface area contributed by atoms with Crippen molar-refractivity contribution in [1.29, 1.82) is 0 Å². The Hall–Kier alpha value is -1.55. The highest BCUT2D eigenvalue weighted by atomic mass is 35.5. The molecule has 1 aromatic rings. The minimum Gasteiger partial charge on any atom is -0.478 e. The number of hydrogen-bond acceptors (Lipinski definition) is 2. The van der Waals surface area contributed by atoms with Crippen molar-refractivity contribution >= 4 is 29.2 Å². The van der Waals surface area contributed by atoms with Gasteiger partial charge in [-0.15, -0.1) is 0 Å². The van der Waals surface area contributed by atoms with Gasteiger partial charge in [0.1, 0.15) is 5.56 Å². The Bertz CT molecular complexity index is 487. The second-order valence-electron chi connectivity index (χ2n) is 4.30. The molecule has 0 aromatic heterocycles. The molecule has 96 valence electrons. The first-order valence-electron chi connectivity index (χ1n) is 5.93. The quantitative estimate of drug-likeness (QED) is 0.896. The van der Waals surface area contributed by atoms with Gasteiger partial charge in [0.25, 0.3) is 0 Å². The fraction of sp³-hybridized carbons (Fsp3) is 0.385. The van der Waals surface area contributed by atoms with Crippen LogP contribution in [-0.4, -0.2) is 23.5 Å². The van der Waals surface area contributed by atoms with Crippen molar-refractivity contribution in [3.05, 3.63) is 28.8 Å². The lowest BCUT2D eigenvalue weighted by Crippen LogP contribution is -2.31. The number of carboxylic acid groups (broad SMARTS) is 1. The third-order valence-corrected chi connectivity index (χ3v) is 3.38. The van der Waals surface area contributed by atoms with E-state index in [9.17, 15) is 14.7 Å². The molecule has 0 aliphatic carbocycles. The second-order valence-corrected chi connectivity index (χ2v) is 4.70. The van der Waals surface area contributed by atoms with Gasteiger partial charge in [-0.1, -0.05) is 24.1 Å². The molecule has 1 amide bonds. The predicted molar refractivity (Wildman–Crippen MR) is 69.2 cm³/mol. The van der Waals surface area contributed by atoms with Crippen molar-refractivity contribution in [3.8, 4) is 0 Å². The Morgan fingerprint density at radius 1 is 1.28 bits per heavy atom. The highest BCUT2D eigenvalue weighted by Gasteiger charge is 2.24. The predicted octanol–water partition coefficient (Wildman–Crippen LogP) is 2.95. The molecule has 0 atom stereocenters. The van der Waals surface area contributed by atoms with Crippen LogP contribution in [0.15, 0.2) is 18.2 Å². The van der Waals surface area contributed by atoms with E-state index in [1.165, 1.54) is 6.07 Å². The molecule has 4 nitrogen and oxygen atoms in total. The zero-order valence-corrected chi connectivity index (χ0v) is 10.6. The summed E-state index contributed by atoms with van der Waals surface area (Å²) in [5.41, 5.74) is 0.413. The summed E-state index contributed by atoms with van der Waals surface area (Å²) in [6, 6.07) is 4.83. The van der Waals surface area contributed by atoms with Crippen LogP contribution in [0.3, 0.4) is 0 Å². The van der Waals surface area contributed by atoms with E-state index in [0.717, 1.165) is 19.3 Å². The first kappa shape index (κ1) is 12.9. The first-order chi connectivity index (χ1) is 8.61. The van der Waals surface area contributed by atoms with Gasteiger partial charge in [-0.05, 0) is 25.0 Å². The molecular formula is C13H14ClNO3. The number of carbonyl (C=O) groups is 2. The van der Waals surface area contributed by atoms with E-state index in [0.29, 0.717) is 18.7 Å². The molecule has 1 aromatic carbocycles. The zero-order valence-electron chi connectivity index (χ0n) is 9.86. The number of anilines is 1. The topological polar surface area (TPSA) is 57.6 Å². The average Bonchev–Trinajstić information content (AvgIpc) is 2.53. The number of rotatable bonds is 2. The lowest BCUT2D eigenvalue weighted by Gasteiger charge is -2.22. The first-order valence-corrected chi connectivity index (χ1v) is 6.31. The lowest BCUT2D eigenvalue weighted by molar-refractivity contribution is -0.118. The van der Waals surface area contributed by atoms with Gasteiger partial charge in [-0.3, -0.25) is 4.79 Å². The van der Waals surface area contributed by atoms with Gasteiger partial charge in [0, 0.05) is 13.0 Å². The van der Waals surface area contributed by atoms with E-state index in [1.807, 2.05) is 0 Å². The number of hydrogen-bond donors (Lipinski definition) is 1. The Balaban J connectivity index is 2.46. The van der Waals surface area contributed by atoms with Crippen LogP contribution in [0.4, 0.5) is 5.69 Å². The summed E-state index contributed by atoms with van der Waals surface area (Å²) in [5, 5.41) is 9.38. The van der Waals surface area contributed by atoms with E-state index >= 15 is 0 Å². The van der Waals surface area contributed by atoms with E-state index in [1.54, 1.807) is 17.0 Å². The van der Waals surface area contributed by atoms with Gasteiger partial charge >= 0.3 is 5.97 Å². The summed E-state index contributed by atoms with van der Waals surface area (Å²) >= 11 is 5.91. The summed E-state index contributed by atoms with van der Waals surface area (Å²) in [5.74, 6) is -1.13. The number of carbonyl (C=O) groups excluding carboxylic acids is 1. The Morgan fingerprint density at radius 2 is 2.06 bits per heavy atom. The van der Waals surface area contributed by atoms with Gasteiger partial charge in [0.05, 0.1) is 10.7 Å². The van der Waals surface area contributed by atoms with E-state index < -0.39 is 5.97 Å². The van der Waals surface area contributed by atoms with E-state index in [4.69, 9.17) is 11.6 Å². The number of amides is 1. The number of benzene rings is 1. The van der Waals surface area contributed by atoms with Gasteiger partial charge < -0.3 is 10.0 Å². The van der Waals surface area contributed by atoms with Crippen LogP contribution in [0.25, 0.3) is 0 Å². The van der Waals surface area contributed by atoms with Gasteiger partial charge in [0.2, 0.25) is 5.91 Å². The van der Waals surface area contributed by atoms with Crippen LogP contribution in [0.2, 0.25) is 5.02 Å². The molecule has 18 heavy (non-hydrogen) atoms. The molecule has 1 N–H and O–H groups in total. The summed E-state index contributed by atoms with van der Waals surface area (Å²) in [4.78, 5) is 24.8. The lowest BCUT2D eigenvalue weighted by atomic mass is 10.1. The molecule has 5 heteroatoms. The molecule has 1 saturated heterocycles. The zero-order chi connectivity index (χ0) is 13.1. The highest BCUT2D eigenvalue weighted by molar-refractivity contribution is 6.34. The molecule has 0 unspecified atom stereocenters. The summed E-state index contributed by atoms with van der Waals surface area (Å²) in [6.45, 7) is 0.555. The molecule has 1 fully saturated rings. The van der Waals surface area contributed by atoms with Gasteiger partial charge in [-0.2, -0.15) is 0 Å². The number of nitrogens with zero attached hydrogens (tertiary/aromatic N) is 1. The van der Waals surface area contributed by atoms with E-state index in [2.05, 4.69) is 0 Å². The molecule has 1 aliphatic heterocycles. The van der Waals surface area contributed by atoms with Crippen molar-refractivity contribution < 1.29 is 14.7 Å². The van der Waals surface area contributed by atoms with Crippen LogP contribution in [0.1, 0.15) is 36.0 Å². The largest absolute Gasteiger partial charge is 0.478 e. The number of aromatic carboxylic acids is 1. The monoisotopic (exact) mass is 267 g/mol. The number of halogens is 1. The van der Waals surface area contributed by atoms with Crippen LogP contribution in [0.5, 0.6) is 0 Å². The van der Waals surface area contributed by atoms with Crippen molar-refractivity contribution in [2.24, 2.45) is 0 Å².